The van der Waals surface area contributed by atoms with Gasteiger partial charge in [0.1, 0.15) is 0 Å². The maximum atomic E-state index is 5.86. The molecule has 112 valence electrons. The summed E-state index contributed by atoms with van der Waals surface area (Å²) in [4.78, 5) is 2.30. The highest BCUT2D eigenvalue weighted by Gasteiger charge is 2.29. The molecule has 21 heavy (non-hydrogen) atoms. The fourth-order valence-electron chi connectivity index (χ4n) is 3.22. The third kappa shape index (κ3) is 3.14. The monoisotopic (exact) mass is 286 g/mol. The molecular weight excluding hydrogens is 264 g/mol. The van der Waals surface area contributed by atoms with Gasteiger partial charge in [-0.05, 0) is 44.5 Å². The van der Waals surface area contributed by atoms with Crippen LogP contribution in [0.1, 0.15) is 25.2 Å². The van der Waals surface area contributed by atoms with Crippen molar-refractivity contribution in [3.05, 3.63) is 36.2 Å². The Balaban J connectivity index is 1.67. The van der Waals surface area contributed by atoms with Crippen molar-refractivity contribution < 1.29 is 4.42 Å². The quantitative estimate of drug-likeness (QED) is 0.913. The van der Waals surface area contributed by atoms with Gasteiger partial charge in [-0.1, -0.05) is 24.6 Å². The van der Waals surface area contributed by atoms with Gasteiger partial charge >= 0.3 is 0 Å². The SMILES string of the molecule is CN(Cc1nnc(-c2ccccc2)o1)C1CCCC1CN. The summed E-state index contributed by atoms with van der Waals surface area (Å²) in [5.41, 5.74) is 6.82. The summed E-state index contributed by atoms with van der Waals surface area (Å²) in [6.45, 7) is 1.44. The molecule has 1 aromatic heterocycles. The maximum absolute atomic E-state index is 5.86. The Kier molecular flexibility index (Phi) is 4.31. The van der Waals surface area contributed by atoms with E-state index < -0.39 is 0 Å². The maximum Gasteiger partial charge on any atom is 0.247 e. The van der Waals surface area contributed by atoms with Gasteiger partial charge in [0.2, 0.25) is 11.8 Å². The van der Waals surface area contributed by atoms with Crippen LogP contribution in [0.25, 0.3) is 11.5 Å². The molecule has 5 nitrogen and oxygen atoms in total. The number of nitrogens with zero attached hydrogens (tertiary/aromatic N) is 3. The van der Waals surface area contributed by atoms with Gasteiger partial charge in [-0.3, -0.25) is 4.90 Å². The van der Waals surface area contributed by atoms with E-state index in [0.717, 1.165) is 12.1 Å². The van der Waals surface area contributed by atoms with Crippen LogP contribution in [0.3, 0.4) is 0 Å². The second-order valence-electron chi connectivity index (χ2n) is 5.78. The van der Waals surface area contributed by atoms with Crippen LogP contribution in [0, 0.1) is 5.92 Å². The van der Waals surface area contributed by atoms with E-state index in [1.807, 2.05) is 30.3 Å². The minimum Gasteiger partial charge on any atom is -0.419 e. The van der Waals surface area contributed by atoms with Crippen LogP contribution in [0.2, 0.25) is 0 Å². The normalized spacial score (nSPS) is 22.0. The van der Waals surface area contributed by atoms with E-state index in [-0.39, 0.29) is 0 Å². The van der Waals surface area contributed by atoms with Crippen molar-refractivity contribution in [1.82, 2.24) is 15.1 Å². The summed E-state index contributed by atoms with van der Waals surface area (Å²) in [6.07, 6.45) is 3.69. The van der Waals surface area contributed by atoms with Gasteiger partial charge in [0, 0.05) is 11.6 Å². The summed E-state index contributed by atoms with van der Waals surface area (Å²) < 4.78 is 5.77. The van der Waals surface area contributed by atoms with Crippen molar-refractivity contribution in [2.24, 2.45) is 11.7 Å². The molecular formula is C16H22N4O. The van der Waals surface area contributed by atoms with Crippen LogP contribution < -0.4 is 5.73 Å². The molecule has 0 spiro atoms. The van der Waals surface area contributed by atoms with Gasteiger partial charge in [-0.2, -0.15) is 0 Å². The largest absolute Gasteiger partial charge is 0.419 e. The van der Waals surface area contributed by atoms with E-state index in [1.165, 1.54) is 19.3 Å². The summed E-state index contributed by atoms with van der Waals surface area (Å²) in [5, 5.41) is 8.30. The molecule has 0 aliphatic heterocycles. The molecule has 0 amide bonds. The van der Waals surface area contributed by atoms with E-state index in [2.05, 4.69) is 22.1 Å². The standard InChI is InChI=1S/C16H22N4O/c1-20(14-9-5-8-13(14)10-17)11-15-18-19-16(21-15)12-6-3-2-4-7-12/h2-4,6-7,13-14H,5,8-11,17H2,1H3. The first-order chi connectivity index (χ1) is 10.3. The van der Waals surface area contributed by atoms with E-state index in [1.54, 1.807) is 0 Å². The molecule has 1 aromatic carbocycles. The van der Waals surface area contributed by atoms with Crippen LogP contribution >= 0.6 is 0 Å². The van der Waals surface area contributed by atoms with E-state index in [4.69, 9.17) is 10.2 Å². The molecule has 2 atom stereocenters. The molecule has 2 aromatic rings. The third-order valence-electron chi connectivity index (χ3n) is 4.36. The van der Waals surface area contributed by atoms with Gasteiger partial charge in [0.25, 0.3) is 0 Å². The third-order valence-corrected chi connectivity index (χ3v) is 4.36. The predicted octanol–water partition coefficient (Wildman–Crippen LogP) is 2.30. The molecule has 0 saturated heterocycles. The van der Waals surface area contributed by atoms with E-state index >= 15 is 0 Å². The smallest absolute Gasteiger partial charge is 0.247 e. The average Bonchev–Trinajstić information content (AvgIpc) is 3.16. The fraction of sp³-hybridized carbons (Fsp3) is 0.500. The van der Waals surface area contributed by atoms with Crippen molar-refractivity contribution in [3.63, 3.8) is 0 Å². The van der Waals surface area contributed by atoms with Crippen LogP contribution in [-0.4, -0.2) is 34.7 Å². The molecule has 1 fully saturated rings. The first kappa shape index (κ1) is 14.2. The topological polar surface area (TPSA) is 68.2 Å². The Morgan fingerprint density at radius 2 is 2.05 bits per heavy atom. The number of benzene rings is 1. The number of rotatable bonds is 5. The Bertz CT molecular complexity index is 569. The molecule has 1 heterocycles. The molecule has 1 saturated carbocycles. The Hall–Kier alpha value is -1.72. The number of hydrogen-bond acceptors (Lipinski definition) is 5. The zero-order valence-corrected chi connectivity index (χ0v) is 12.4. The van der Waals surface area contributed by atoms with Gasteiger partial charge in [-0.25, -0.2) is 0 Å². The van der Waals surface area contributed by atoms with Crippen molar-refractivity contribution >= 4 is 0 Å². The summed E-state index contributed by atoms with van der Waals surface area (Å²) in [6, 6.07) is 10.4. The average molecular weight is 286 g/mol. The molecule has 1 aliphatic rings. The van der Waals surface area contributed by atoms with Gasteiger partial charge in [0.15, 0.2) is 0 Å². The molecule has 3 rings (SSSR count). The molecule has 5 heteroatoms. The Morgan fingerprint density at radius 1 is 1.24 bits per heavy atom. The minimum absolute atomic E-state index is 0.530. The number of aromatic nitrogens is 2. The zero-order valence-electron chi connectivity index (χ0n) is 12.4. The van der Waals surface area contributed by atoms with Crippen molar-refractivity contribution in [2.75, 3.05) is 13.6 Å². The van der Waals surface area contributed by atoms with Crippen LogP contribution in [0.4, 0.5) is 0 Å². The Morgan fingerprint density at radius 3 is 2.81 bits per heavy atom. The highest BCUT2D eigenvalue weighted by Crippen LogP contribution is 2.29. The second kappa shape index (κ2) is 6.37. The zero-order chi connectivity index (χ0) is 14.7. The van der Waals surface area contributed by atoms with E-state index in [9.17, 15) is 0 Å². The Labute approximate surface area is 125 Å². The van der Waals surface area contributed by atoms with E-state index in [0.29, 0.717) is 30.3 Å². The molecule has 0 radical (unpaired) electrons. The highest BCUT2D eigenvalue weighted by atomic mass is 16.4. The second-order valence-corrected chi connectivity index (χ2v) is 5.78. The van der Waals surface area contributed by atoms with Crippen molar-refractivity contribution in [2.45, 2.75) is 31.8 Å². The fourth-order valence-corrected chi connectivity index (χ4v) is 3.22. The predicted molar refractivity (Wildman–Crippen MR) is 81.4 cm³/mol. The van der Waals surface area contributed by atoms with Crippen molar-refractivity contribution in [1.29, 1.82) is 0 Å². The van der Waals surface area contributed by atoms with Crippen LogP contribution in [0.15, 0.2) is 34.7 Å². The highest BCUT2D eigenvalue weighted by molar-refractivity contribution is 5.51. The van der Waals surface area contributed by atoms with Crippen LogP contribution in [0.5, 0.6) is 0 Å². The molecule has 0 bridgehead atoms. The van der Waals surface area contributed by atoms with Crippen LogP contribution in [-0.2, 0) is 6.54 Å². The van der Waals surface area contributed by atoms with Gasteiger partial charge < -0.3 is 10.2 Å². The molecule has 2 N–H and O–H groups in total. The lowest BCUT2D eigenvalue weighted by atomic mass is 10.0. The molecule has 1 aliphatic carbocycles. The molecule has 2 unspecified atom stereocenters. The number of nitrogens with two attached hydrogens (primary N) is 1. The lowest BCUT2D eigenvalue weighted by Gasteiger charge is -2.27. The number of hydrogen-bond donors (Lipinski definition) is 1. The first-order valence-corrected chi connectivity index (χ1v) is 7.56. The summed E-state index contributed by atoms with van der Waals surface area (Å²) >= 11 is 0. The summed E-state index contributed by atoms with van der Waals surface area (Å²) in [7, 11) is 2.12. The first-order valence-electron chi connectivity index (χ1n) is 7.56. The lowest BCUT2D eigenvalue weighted by Crippen LogP contribution is -2.37. The lowest BCUT2D eigenvalue weighted by molar-refractivity contribution is 0.177. The van der Waals surface area contributed by atoms with Crippen molar-refractivity contribution in [3.8, 4) is 11.5 Å². The summed E-state index contributed by atoms with van der Waals surface area (Å²) in [5.74, 6) is 1.84. The minimum atomic E-state index is 0.530. The van der Waals surface area contributed by atoms with Gasteiger partial charge in [0.05, 0.1) is 6.54 Å². The van der Waals surface area contributed by atoms with Gasteiger partial charge in [-0.15, -0.1) is 10.2 Å².